The van der Waals surface area contributed by atoms with Gasteiger partial charge in [-0.15, -0.1) is 12.6 Å². The number of ether oxygens (including phenoxy) is 1. The second-order valence-corrected chi connectivity index (χ2v) is 4.06. The summed E-state index contributed by atoms with van der Waals surface area (Å²) in [6, 6.07) is 6.92. The fourth-order valence-corrected chi connectivity index (χ4v) is 1.29. The second kappa shape index (κ2) is 5.12. The Bertz CT molecular complexity index is 344. The van der Waals surface area contributed by atoms with Crippen molar-refractivity contribution in [3.05, 3.63) is 29.8 Å². The molecule has 74 valence electrons. The van der Waals surface area contributed by atoms with Crippen LogP contribution in [0.2, 0.25) is 0 Å². The Balaban J connectivity index is 2.76. The lowest BCUT2D eigenvalue weighted by Gasteiger charge is -2.01. The van der Waals surface area contributed by atoms with Crippen LogP contribution in [0, 0.1) is 0 Å². The molecule has 0 fully saturated rings. The van der Waals surface area contributed by atoms with Crippen LogP contribution in [0.25, 0.3) is 0 Å². The lowest BCUT2D eigenvalue weighted by Crippen LogP contribution is -2.01. The van der Waals surface area contributed by atoms with E-state index in [2.05, 4.69) is 12.6 Å². The van der Waals surface area contributed by atoms with Gasteiger partial charge in [-0.1, -0.05) is 12.2 Å². The maximum absolute atomic E-state index is 11.5. The molecular weight excluding hydrogens is 216 g/mol. The zero-order chi connectivity index (χ0) is 10.6. The van der Waals surface area contributed by atoms with E-state index in [-0.39, 0.29) is 12.2 Å². The molecule has 0 amide bonds. The van der Waals surface area contributed by atoms with Gasteiger partial charge in [0.2, 0.25) is 0 Å². The Hall–Kier alpha value is -0.870. The largest absolute Gasteiger partial charge is 0.497 e. The predicted molar refractivity (Wildman–Crippen MR) is 63.5 cm³/mol. The zero-order valence-electron chi connectivity index (χ0n) is 7.69. The molecule has 0 heterocycles. The first kappa shape index (κ1) is 11.2. The number of ketones is 1. The van der Waals surface area contributed by atoms with Crippen LogP contribution >= 0.6 is 24.8 Å². The van der Waals surface area contributed by atoms with Gasteiger partial charge in [0, 0.05) is 5.56 Å². The molecule has 0 saturated carbocycles. The highest BCUT2D eigenvalue weighted by molar-refractivity contribution is 8.11. The quantitative estimate of drug-likeness (QED) is 0.485. The molecule has 1 aromatic rings. The van der Waals surface area contributed by atoms with Gasteiger partial charge >= 0.3 is 0 Å². The summed E-state index contributed by atoms with van der Waals surface area (Å²) in [5.74, 6) is 0.711. The normalized spacial score (nSPS) is 9.57. The highest BCUT2D eigenvalue weighted by atomic mass is 32.1. The molecule has 2 nitrogen and oxygen atoms in total. The minimum Gasteiger partial charge on any atom is -0.497 e. The molecule has 4 heteroatoms. The molecule has 0 aliphatic heterocycles. The number of thiol groups is 1. The van der Waals surface area contributed by atoms with Crippen molar-refractivity contribution in [2.45, 2.75) is 6.42 Å². The Morgan fingerprint density at radius 1 is 1.43 bits per heavy atom. The van der Waals surface area contributed by atoms with Gasteiger partial charge in [0.05, 0.1) is 17.7 Å². The molecule has 0 N–H and O–H groups in total. The average molecular weight is 226 g/mol. The molecule has 0 aliphatic rings. The number of hydrogen-bond donors (Lipinski definition) is 1. The van der Waals surface area contributed by atoms with Gasteiger partial charge in [0.1, 0.15) is 5.75 Å². The smallest absolute Gasteiger partial charge is 0.168 e. The Labute approximate surface area is 93.7 Å². The number of carbonyl (C=O) groups excluding carboxylic acids is 1. The van der Waals surface area contributed by atoms with Crippen molar-refractivity contribution < 1.29 is 9.53 Å². The number of thiocarbonyl (C=S) groups is 1. The average Bonchev–Trinajstić information content (AvgIpc) is 2.17. The molecule has 0 unspecified atom stereocenters. The molecule has 0 atom stereocenters. The molecule has 0 aliphatic carbocycles. The third kappa shape index (κ3) is 3.12. The lowest BCUT2D eigenvalue weighted by molar-refractivity contribution is 0.100. The molecule has 0 spiro atoms. The summed E-state index contributed by atoms with van der Waals surface area (Å²) in [7, 11) is 1.58. The first-order chi connectivity index (χ1) is 6.63. The van der Waals surface area contributed by atoms with Crippen LogP contribution in [-0.2, 0) is 0 Å². The van der Waals surface area contributed by atoms with Gasteiger partial charge in [0.15, 0.2) is 5.78 Å². The van der Waals surface area contributed by atoms with Crippen LogP contribution < -0.4 is 4.74 Å². The standard InChI is InChI=1S/C10H10O2S2/c1-12-8-4-2-7(3-5-8)9(11)6-10(13)14/h2-5H,6H2,1H3,(H,13,14). The summed E-state index contributed by atoms with van der Waals surface area (Å²) in [4.78, 5) is 11.5. The van der Waals surface area contributed by atoms with Crippen molar-refractivity contribution >= 4 is 34.8 Å². The van der Waals surface area contributed by atoms with Crippen molar-refractivity contribution in [3.63, 3.8) is 0 Å². The van der Waals surface area contributed by atoms with E-state index in [1.165, 1.54) is 0 Å². The molecule has 1 rings (SSSR count). The Morgan fingerprint density at radius 3 is 2.43 bits per heavy atom. The zero-order valence-corrected chi connectivity index (χ0v) is 9.40. The Kier molecular flexibility index (Phi) is 4.10. The molecule has 0 bridgehead atoms. The number of Topliss-reactive ketones (excluding diaryl/α,β-unsaturated/α-hetero) is 1. The van der Waals surface area contributed by atoms with Crippen LogP contribution in [-0.4, -0.2) is 17.1 Å². The highest BCUT2D eigenvalue weighted by Crippen LogP contribution is 2.13. The summed E-state index contributed by atoms with van der Waals surface area (Å²) in [5.41, 5.74) is 0.627. The van der Waals surface area contributed by atoms with E-state index in [9.17, 15) is 4.79 Å². The highest BCUT2D eigenvalue weighted by Gasteiger charge is 2.06. The summed E-state index contributed by atoms with van der Waals surface area (Å²) >= 11 is 8.65. The van der Waals surface area contributed by atoms with Crippen molar-refractivity contribution in [1.29, 1.82) is 0 Å². The molecule has 1 aromatic carbocycles. The maximum atomic E-state index is 11.5. The van der Waals surface area contributed by atoms with Crippen LogP contribution in [0.15, 0.2) is 24.3 Å². The van der Waals surface area contributed by atoms with Gasteiger partial charge in [-0.25, -0.2) is 0 Å². The van der Waals surface area contributed by atoms with E-state index in [0.29, 0.717) is 9.76 Å². The molecular formula is C10H10O2S2. The number of benzene rings is 1. The van der Waals surface area contributed by atoms with E-state index in [4.69, 9.17) is 17.0 Å². The lowest BCUT2D eigenvalue weighted by atomic mass is 10.1. The van der Waals surface area contributed by atoms with Gasteiger partial charge in [-0.2, -0.15) is 0 Å². The van der Waals surface area contributed by atoms with E-state index in [1.54, 1.807) is 31.4 Å². The first-order valence-corrected chi connectivity index (χ1v) is 4.88. The second-order valence-electron chi connectivity index (χ2n) is 2.72. The van der Waals surface area contributed by atoms with Crippen LogP contribution in [0.4, 0.5) is 0 Å². The summed E-state index contributed by atoms with van der Waals surface area (Å²) < 4.78 is 5.39. The fourth-order valence-electron chi connectivity index (χ4n) is 1.02. The number of carbonyl (C=O) groups is 1. The molecule has 0 aromatic heterocycles. The van der Waals surface area contributed by atoms with E-state index >= 15 is 0 Å². The van der Waals surface area contributed by atoms with Crippen LogP contribution in [0.3, 0.4) is 0 Å². The van der Waals surface area contributed by atoms with E-state index in [1.807, 2.05) is 0 Å². The summed E-state index contributed by atoms with van der Waals surface area (Å²) in [6.45, 7) is 0. The van der Waals surface area contributed by atoms with Gasteiger partial charge in [0.25, 0.3) is 0 Å². The minimum atomic E-state index is -0.0207. The SMILES string of the molecule is COc1ccc(C(=O)CC(=S)S)cc1. The fraction of sp³-hybridized carbons (Fsp3) is 0.200. The predicted octanol–water partition coefficient (Wildman–Crippen LogP) is 2.53. The van der Waals surface area contributed by atoms with Crippen molar-refractivity contribution in [1.82, 2.24) is 0 Å². The third-order valence-electron chi connectivity index (χ3n) is 1.72. The van der Waals surface area contributed by atoms with E-state index in [0.717, 1.165) is 5.75 Å². The van der Waals surface area contributed by atoms with Gasteiger partial charge in [-0.05, 0) is 24.3 Å². The van der Waals surface area contributed by atoms with E-state index < -0.39 is 0 Å². The number of hydrogen-bond acceptors (Lipinski definition) is 3. The molecule has 0 saturated heterocycles. The Morgan fingerprint density at radius 2 is 2.00 bits per heavy atom. The number of rotatable bonds is 4. The monoisotopic (exact) mass is 226 g/mol. The topological polar surface area (TPSA) is 26.3 Å². The van der Waals surface area contributed by atoms with Crippen molar-refractivity contribution in [2.75, 3.05) is 7.11 Å². The number of methoxy groups -OCH3 is 1. The van der Waals surface area contributed by atoms with Crippen molar-refractivity contribution in [2.24, 2.45) is 0 Å². The minimum absolute atomic E-state index is 0.0207. The van der Waals surface area contributed by atoms with Gasteiger partial charge < -0.3 is 4.74 Å². The summed E-state index contributed by atoms with van der Waals surface area (Å²) in [5, 5.41) is 0. The third-order valence-corrected chi connectivity index (χ3v) is 2.03. The van der Waals surface area contributed by atoms with Crippen LogP contribution in [0.5, 0.6) is 5.75 Å². The summed E-state index contributed by atoms with van der Waals surface area (Å²) in [6.07, 6.45) is 0.199. The van der Waals surface area contributed by atoms with Crippen LogP contribution in [0.1, 0.15) is 16.8 Å². The van der Waals surface area contributed by atoms with Gasteiger partial charge in [-0.3, -0.25) is 4.79 Å². The maximum Gasteiger partial charge on any atom is 0.168 e. The molecule has 0 radical (unpaired) electrons. The molecule has 14 heavy (non-hydrogen) atoms. The first-order valence-electron chi connectivity index (χ1n) is 4.02. The van der Waals surface area contributed by atoms with Crippen molar-refractivity contribution in [3.8, 4) is 5.75 Å².